The zero-order chi connectivity index (χ0) is 19.8. The zero-order valence-corrected chi connectivity index (χ0v) is 15.6. The predicted octanol–water partition coefficient (Wildman–Crippen LogP) is 4.07. The van der Waals surface area contributed by atoms with Crippen molar-refractivity contribution in [2.45, 2.75) is 12.8 Å². The van der Waals surface area contributed by atoms with Crippen LogP contribution in [0.2, 0.25) is 0 Å². The first kappa shape index (κ1) is 19.4. The number of carbonyl (C=O) groups is 1. The monoisotopic (exact) mass is 379 g/mol. The summed E-state index contributed by atoms with van der Waals surface area (Å²) in [7, 11) is 1.60. The molecule has 6 heteroatoms. The fourth-order valence-corrected chi connectivity index (χ4v) is 2.73. The number of halogens is 1. The third kappa shape index (κ3) is 5.54. The molecule has 0 aliphatic carbocycles. The van der Waals surface area contributed by atoms with Gasteiger partial charge in [0.15, 0.2) is 0 Å². The van der Waals surface area contributed by atoms with E-state index in [4.69, 9.17) is 4.74 Å². The molecule has 0 atom stereocenters. The van der Waals surface area contributed by atoms with Crippen LogP contribution in [0.5, 0.6) is 5.75 Å². The Bertz CT molecular complexity index is 912. The van der Waals surface area contributed by atoms with Crippen molar-refractivity contribution in [2.24, 2.45) is 0 Å². The van der Waals surface area contributed by atoms with Gasteiger partial charge in [-0.2, -0.15) is 0 Å². The first-order valence-corrected chi connectivity index (χ1v) is 9.00. The van der Waals surface area contributed by atoms with Gasteiger partial charge < -0.3 is 15.4 Å². The lowest BCUT2D eigenvalue weighted by molar-refractivity contribution is -0.115. The molecule has 28 heavy (non-hydrogen) atoms. The third-order valence-corrected chi connectivity index (χ3v) is 4.24. The molecule has 0 unspecified atom stereocenters. The van der Waals surface area contributed by atoms with Gasteiger partial charge in [0, 0.05) is 6.54 Å². The molecule has 0 bridgehead atoms. The summed E-state index contributed by atoms with van der Waals surface area (Å²) < 4.78 is 18.7. The molecular weight excluding hydrogens is 357 g/mol. The Balaban J connectivity index is 1.46. The standard InChI is InChI=1S/C22H22FN3O2/c1-28-19-9-6-16(7-10-19)14-22(27)26-21-11-8-18(15-25-21)24-13-12-17-4-2-3-5-20(17)23/h2-11,15,24H,12-14H2,1H3,(H,25,26,27). The van der Waals surface area contributed by atoms with Gasteiger partial charge in [0.2, 0.25) is 5.91 Å². The highest BCUT2D eigenvalue weighted by Gasteiger charge is 2.06. The SMILES string of the molecule is COc1ccc(CC(=O)Nc2ccc(NCCc3ccccc3F)cn2)cc1. The molecule has 0 saturated carbocycles. The zero-order valence-electron chi connectivity index (χ0n) is 15.6. The summed E-state index contributed by atoms with van der Waals surface area (Å²) in [6, 6.07) is 17.7. The molecule has 5 nitrogen and oxygen atoms in total. The minimum atomic E-state index is -0.197. The van der Waals surface area contributed by atoms with E-state index in [1.54, 1.807) is 31.5 Å². The number of aromatic nitrogens is 1. The van der Waals surface area contributed by atoms with Gasteiger partial charge in [0.05, 0.1) is 25.4 Å². The van der Waals surface area contributed by atoms with Gasteiger partial charge in [-0.25, -0.2) is 9.37 Å². The maximum Gasteiger partial charge on any atom is 0.229 e. The van der Waals surface area contributed by atoms with Crippen LogP contribution in [0.3, 0.4) is 0 Å². The molecule has 144 valence electrons. The number of amides is 1. The van der Waals surface area contributed by atoms with Gasteiger partial charge in [-0.15, -0.1) is 0 Å². The number of ether oxygens (including phenoxy) is 1. The number of carbonyl (C=O) groups excluding carboxylic acids is 1. The summed E-state index contributed by atoms with van der Waals surface area (Å²) in [5, 5.41) is 5.97. The second-order valence-electron chi connectivity index (χ2n) is 6.27. The quantitative estimate of drug-likeness (QED) is 0.619. The number of benzene rings is 2. The lowest BCUT2D eigenvalue weighted by Crippen LogP contribution is -2.15. The molecule has 2 aromatic carbocycles. The van der Waals surface area contributed by atoms with Crippen LogP contribution < -0.4 is 15.4 Å². The maximum atomic E-state index is 13.6. The molecule has 3 aromatic rings. The van der Waals surface area contributed by atoms with Crippen LogP contribution in [0, 0.1) is 5.82 Å². The molecule has 0 fully saturated rings. The number of nitrogens with zero attached hydrogens (tertiary/aromatic N) is 1. The maximum absolute atomic E-state index is 13.6. The van der Waals surface area contributed by atoms with E-state index in [0.29, 0.717) is 24.3 Å². The van der Waals surface area contributed by atoms with Crippen LogP contribution in [0.25, 0.3) is 0 Å². The van der Waals surface area contributed by atoms with Crippen LogP contribution in [-0.4, -0.2) is 24.5 Å². The highest BCUT2D eigenvalue weighted by Crippen LogP contribution is 2.14. The summed E-state index contributed by atoms with van der Waals surface area (Å²) in [6.07, 6.45) is 2.48. The Labute approximate surface area is 163 Å². The molecule has 1 amide bonds. The summed E-state index contributed by atoms with van der Waals surface area (Å²) in [5.74, 6) is 0.900. The van der Waals surface area contributed by atoms with Gasteiger partial charge >= 0.3 is 0 Å². The molecule has 0 aliphatic heterocycles. The number of rotatable bonds is 8. The van der Waals surface area contributed by atoms with Crippen molar-refractivity contribution in [3.8, 4) is 5.75 Å². The first-order chi connectivity index (χ1) is 13.6. The largest absolute Gasteiger partial charge is 0.497 e. The van der Waals surface area contributed by atoms with Crippen LogP contribution in [0.1, 0.15) is 11.1 Å². The van der Waals surface area contributed by atoms with E-state index in [9.17, 15) is 9.18 Å². The molecule has 0 radical (unpaired) electrons. The Morgan fingerprint density at radius 3 is 2.54 bits per heavy atom. The van der Waals surface area contributed by atoms with Crippen LogP contribution in [-0.2, 0) is 17.6 Å². The van der Waals surface area contributed by atoms with Crippen molar-refractivity contribution in [1.29, 1.82) is 0 Å². The molecular formula is C22H22FN3O2. The van der Waals surface area contributed by atoms with Crippen molar-refractivity contribution in [3.05, 3.63) is 83.8 Å². The van der Waals surface area contributed by atoms with Crippen molar-refractivity contribution < 1.29 is 13.9 Å². The smallest absolute Gasteiger partial charge is 0.229 e. The van der Waals surface area contributed by atoms with E-state index in [2.05, 4.69) is 15.6 Å². The molecule has 0 spiro atoms. The van der Waals surface area contributed by atoms with E-state index in [0.717, 1.165) is 17.0 Å². The predicted molar refractivity (Wildman–Crippen MR) is 108 cm³/mol. The third-order valence-electron chi connectivity index (χ3n) is 4.24. The fourth-order valence-electron chi connectivity index (χ4n) is 2.73. The normalized spacial score (nSPS) is 10.4. The topological polar surface area (TPSA) is 63.2 Å². The van der Waals surface area contributed by atoms with E-state index < -0.39 is 0 Å². The van der Waals surface area contributed by atoms with Gasteiger partial charge in [-0.05, 0) is 47.9 Å². The molecule has 0 aliphatic rings. The van der Waals surface area contributed by atoms with Gasteiger partial charge in [-0.1, -0.05) is 30.3 Å². The van der Waals surface area contributed by atoms with E-state index in [1.165, 1.54) is 6.07 Å². The second-order valence-corrected chi connectivity index (χ2v) is 6.27. The molecule has 3 rings (SSSR count). The van der Waals surface area contributed by atoms with Crippen molar-refractivity contribution in [2.75, 3.05) is 24.3 Å². The summed E-state index contributed by atoms with van der Waals surface area (Å²) in [4.78, 5) is 16.4. The lowest BCUT2D eigenvalue weighted by Gasteiger charge is -2.09. The molecule has 0 saturated heterocycles. The van der Waals surface area contributed by atoms with E-state index in [1.807, 2.05) is 36.4 Å². The van der Waals surface area contributed by atoms with Crippen LogP contribution in [0.4, 0.5) is 15.9 Å². The number of hydrogen-bond donors (Lipinski definition) is 2. The summed E-state index contributed by atoms with van der Waals surface area (Å²) >= 11 is 0. The average Bonchev–Trinajstić information content (AvgIpc) is 2.71. The van der Waals surface area contributed by atoms with Crippen LogP contribution in [0.15, 0.2) is 66.9 Å². The Kier molecular flexibility index (Phi) is 6.57. The number of methoxy groups -OCH3 is 1. The highest BCUT2D eigenvalue weighted by molar-refractivity contribution is 5.91. The number of pyridine rings is 1. The van der Waals surface area contributed by atoms with E-state index >= 15 is 0 Å². The molecule has 1 aromatic heterocycles. The summed E-state index contributed by atoms with van der Waals surface area (Å²) in [5.41, 5.74) is 2.37. The minimum absolute atomic E-state index is 0.141. The highest BCUT2D eigenvalue weighted by atomic mass is 19.1. The number of anilines is 2. The number of hydrogen-bond acceptors (Lipinski definition) is 4. The van der Waals surface area contributed by atoms with Gasteiger partial charge in [-0.3, -0.25) is 4.79 Å². The summed E-state index contributed by atoms with van der Waals surface area (Å²) in [6.45, 7) is 0.589. The van der Waals surface area contributed by atoms with Crippen LogP contribution >= 0.6 is 0 Å². The van der Waals surface area contributed by atoms with E-state index in [-0.39, 0.29) is 18.1 Å². The minimum Gasteiger partial charge on any atom is -0.497 e. The Morgan fingerprint density at radius 2 is 1.86 bits per heavy atom. The average molecular weight is 379 g/mol. The first-order valence-electron chi connectivity index (χ1n) is 9.00. The fraction of sp³-hybridized carbons (Fsp3) is 0.182. The lowest BCUT2D eigenvalue weighted by atomic mass is 10.1. The van der Waals surface area contributed by atoms with Gasteiger partial charge in [0.1, 0.15) is 17.4 Å². The molecule has 2 N–H and O–H groups in total. The van der Waals surface area contributed by atoms with Crippen molar-refractivity contribution >= 4 is 17.4 Å². The Morgan fingerprint density at radius 1 is 1.07 bits per heavy atom. The Hall–Kier alpha value is -3.41. The second kappa shape index (κ2) is 9.50. The molecule has 1 heterocycles. The van der Waals surface area contributed by atoms with Gasteiger partial charge in [0.25, 0.3) is 0 Å². The number of nitrogens with one attached hydrogen (secondary N) is 2. The van der Waals surface area contributed by atoms with Crippen molar-refractivity contribution in [1.82, 2.24) is 4.98 Å². The van der Waals surface area contributed by atoms with Crippen molar-refractivity contribution in [3.63, 3.8) is 0 Å².